The summed E-state index contributed by atoms with van der Waals surface area (Å²) in [5.41, 5.74) is 0.566. The van der Waals surface area contributed by atoms with E-state index >= 15 is 0 Å². The first-order valence-electron chi connectivity index (χ1n) is 5.20. The fourth-order valence-electron chi connectivity index (χ4n) is 1.37. The van der Waals surface area contributed by atoms with E-state index in [1.165, 1.54) is 0 Å². The van der Waals surface area contributed by atoms with E-state index in [0.717, 1.165) is 5.82 Å². The van der Waals surface area contributed by atoms with Crippen molar-refractivity contribution in [3.8, 4) is 0 Å². The van der Waals surface area contributed by atoms with Crippen LogP contribution < -0.4 is 10.6 Å². The highest BCUT2D eigenvalue weighted by molar-refractivity contribution is 5.94. The van der Waals surface area contributed by atoms with Crippen LogP contribution in [0.25, 0.3) is 0 Å². The second kappa shape index (κ2) is 5.11. The van der Waals surface area contributed by atoms with Gasteiger partial charge in [0.1, 0.15) is 11.6 Å². The van der Waals surface area contributed by atoms with E-state index in [-0.39, 0.29) is 5.91 Å². The lowest BCUT2D eigenvalue weighted by molar-refractivity contribution is 0.0950. The van der Waals surface area contributed by atoms with Crippen molar-refractivity contribution in [2.24, 2.45) is 0 Å². The van der Waals surface area contributed by atoms with Gasteiger partial charge in [-0.1, -0.05) is 0 Å². The summed E-state index contributed by atoms with van der Waals surface area (Å²) in [6, 6.07) is 3.36. The lowest BCUT2D eigenvalue weighted by Crippen LogP contribution is -2.23. The topological polar surface area (TPSA) is 82.7 Å². The van der Waals surface area contributed by atoms with Crippen LogP contribution in [-0.2, 0) is 6.54 Å². The number of pyridine rings is 1. The zero-order valence-corrected chi connectivity index (χ0v) is 9.40. The number of amides is 1. The SMILES string of the molecule is CNc1cc(C(=O)NCc2ncc[nH]2)ccn1. The van der Waals surface area contributed by atoms with Crippen molar-refractivity contribution in [3.05, 3.63) is 42.1 Å². The molecule has 2 rings (SSSR count). The molecule has 2 aromatic rings. The van der Waals surface area contributed by atoms with E-state index in [0.29, 0.717) is 17.9 Å². The van der Waals surface area contributed by atoms with Crippen LogP contribution in [-0.4, -0.2) is 27.9 Å². The Labute approximate surface area is 98.5 Å². The van der Waals surface area contributed by atoms with Gasteiger partial charge in [-0.25, -0.2) is 9.97 Å². The van der Waals surface area contributed by atoms with Gasteiger partial charge in [-0.2, -0.15) is 0 Å². The summed E-state index contributed by atoms with van der Waals surface area (Å²) in [4.78, 5) is 22.8. The number of nitrogens with one attached hydrogen (secondary N) is 3. The summed E-state index contributed by atoms with van der Waals surface area (Å²) < 4.78 is 0. The molecule has 0 spiro atoms. The van der Waals surface area contributed by atoms with Crippen LogP contribution in [0.4, 0.5) is 5.82 Å². The van der Waals surface area contributed by atoms with E-state index < -0.39 is 0 Å². The van der Waals surface area contributed by atoms with E-state index in [2.05, 4.69) is 25.6 Å². The monoisotopic (exact) mass is 231 g/mol. The minimum Gasteiger partial charge on any atom is -0.373 e. The van der Waals surface area contributed by atoms with Crippen molar-refractivity contribution in [2.45, 2.75) is 6.54 Å². The molecule has 0 fully saturated rings. The second-order valence-corrected chi connectivity index (χ2v) is 3.40. The number of carbonyl (C=O) groups excluding carboxylic acids is 1. The number of H-pyrrole nitrogens is 1. The molecule has 88 valence electrons. The molecule has 6 nitrogen and oxygen atoms in total. The van der Waals surface area contributed by atoms with Gasteiger partial charge in [0, 0.05) is 31.2 Å². The number of carbonyl (C=O) groups is 1. The minimum absolute atomic E-state index is 0.152. The summed E-state index contributed by atoms with van der Waals surface area (Å²) in [6.07, 6.45) is 4.95. The number of anilines is 1. The van der Waals surface area contributed by atoms with Gasteiger partial charge in [0.05, 0.1) is 6.54 Å². The number of rotatable bonds is 4. The third-order valence-corrected chi connectivity index (χ3v) is 2.25. The van der Waals surface area contributed by atoms with Crippen LogP contribution in [0.2, 0.25) is 0 Å². The number of hydrogen-bond donors (Lipinski definition) is 3. The Kier molecular flexibility index (Phi) is 3.34. The average Bonchev–Trinajstić information content (AvgIpc) is 2.89. The molecule has 0 aromatic carbocycles. The molecule has 0 aliphatic heterocycles. The summed E-state index contributed by atoms with van der Waals surface area (Å²) >= 11 is 0. The summed E-state index contributed by atoms with van der Waals surface area (Å²) in [5, 5.41) is 5.65. The molecular weight excluding hydrogens is 218 g/mol. The largest absolute Gasteiger partial charge is 0.373 e. The smallest absolute Gasteiger partial charge is 0.251 e. The lowest BCUT2D eigenvalue weighted by Gasteiger charge is -2.04. The molecule has 2 heterocycles. The van der Waals surface area contributed by atoms with Crippen LogP contribution in [0.5, 0.6) is 0 Å². The molecule has 0 atom stereocenters. The van der Waals surface area contributed by atoms with Crippen LogP contribution in [0, 0.1) is 0 Å². The van der Waals surface area contributed by atoms with Gasteiger partial charge in [-0.15, -0.1) is 0 Å². The summed E-state index contributed by atoms with van der Waals surface area (Å²) in [5.74, 6) is 1.23. The van der Waals surface area contributed by atoms with E-state index in [9.17, 15) is 4.79 Å². The van der Waals surface area contributed by atoms with E-state index in [1.54, 1.807) is 37.8 Å². The van der Waals surface area contributed by atoms with Crippen LogP contribution in [0.1, 0.15) is 16.2 Å². The number of aromatic nitrogens is 3. The van der Waals surface area contributed by atoms with Gasteiger partial charge in [0.25, 0.3) is 5.91 Å². The van der Waals surface area contributed by atoms with Gasteiger partial charge in [-0.05, 0) is 12.1 Å². The van der Waals surface area contributed by atoms with Crippen molar-refractivity contribution in [1.82, 2.24) is 20.3 Å². The molecule has 0 aliphatic rings. The molecule has 1 amide bonds. The normalized spacial score (nSPS) is 9.94. The Hall–Kier alpha value is -2.37. The Balaban J connectivity index is 1.99. The first kappa shape index (κ1) is 11.1. The van der Waals surface area contributed by atoms with Gasteiger partial charge < -0.3 is 15.6 Å². The summed E-state index contributed by atoms with van der Waals surface area (Å²) in [7, 11) is 1.76. The molecule has 3 N–H and O–H groups in total. The van der Waals surface area contributed by atoms with Gasteiger partial charge >= 0.3 is 0 Å². The van der Waals surface area contributed by atoms with Crippen molar-refractivity contribution < 1.29 is 4.79 Å². The van der Waals surface area contributed by atoms with Gasteiger partial charge in [-0.3, -0.25) is 4.79 Å². The van der Waals surface area contributed by atoms with Crippen LogP contribution in [0.15, 0.2) is 30.7 Å². The Morgan fingerprint density at radius 2 is 2.29 bits per heavy atom. The Bertz CT molecular complexity index is 494. The molecule has 0 bridgehead atoms. The van der Waals surface area contributed by atoms with Crippen molar-refractivity contribution in [2.75, 3.05) is 12.4 Å². The first-order chi connectivity index (χ1) is 8.29. The van der Waals surface area contributed by atoms with Crippen LogP contribution in [0.3, 0.4) is 0 Å². The summed E-state index contributed by atoms with van der Waals surface area (Å²) in [6.45, 7) is 0.378. The van der Waals surface area contributed by atoms with E-state index in [1.807, 2.05) is 0 Å². The van der Waals surface area contributed by atoms with Crippen molar-refractivity contribution in [1.29, 1.82) is 0 Å². The molecule has 0 aliphatic carbocycles. The maximum Gasteiger partial charge on any atom is 0.251 e. The third-order valence-electron chi connectivity index (χ3n) is 2.25. The number of imidazole rings is 1. The number of nitrogens with zero attached hydrogens (tertiary/aromatic N) is 2. The molecule has 0 radical (unpaired) electrons. The second-order valence-electron chi connectivity index (χ2n) is 3.40. The number of hydrogen-bond acceptors (Lipinski definition) is 4. The highest BCUT2D eigenvalue weighted by Crippen LogP contribution is 2.05. The average molecular weight is 231 g/mol. The fourth-order valence-corrected chi connectivity index (χ4v) is 1.37. The number of aromatic amines is 1. The van der Waals surface area contributed by atoms with Crippen molar-refractivity contribution >= 4 is 11.7 Å². The Morgan fingerprint density at radius 3 is 3.00 bits per heavy atom. The predicted octanol–water partition coefficient (Wildman–Crippen LogP) is 0.776. The fraction of sp³-hybridized carbons (Fsp3) is 0.182. The molecule has 6 heteroatoms. The zero-order valence-electron chi connectivity index (χ0n) is 9.40. The predicted molar refractivity (Wildman–Crippen MR) is 63.5 cm³/mol. The van der Waals surface area contributed by atoms with Crippen molar-refractivity contribution in [3.63, 3.8) is 0 Å². The minimum atomic E-state index is -0.152. The zero-order chi connectivity index (χ0) is 12.1. The standard InChI is InChI=1S/C11H13N5O/c1-12-9-6-8(2-3-13-9)11(17)16-7-10-14-4-5-15-10/h2-6H,7H2,1H3,(H,12,13)(H,14,15)(H,16,17). The maximum absolute atomic E-state index is 11.8. The molecule has 0 saturated heterocycles. The van der Waals surface area contributed by atoms with Gasteiger partial charge in [0.2, 0.25) is 0 Å². The first-order valence-corrected chi connectivity index (χ1v) is 5.20. The maximum atomic E-state index is 11.8. The third kappa shape index (κ3) is 2.81. The quantitative estimate of drug-likeness (QED) is 0.726. The molecule has 17 heavy (non-hydrogen) atoms. The highest BCUT2D eigenvalue weighted by Gasteiger charge is 2.06. The molecule has 0 saturated carbocycles. The lowest BCUT2D eigenvalue weighted by atomic mass is 10.2. The molecule has 2 aromatic heterocycles. The molecule has 0 unspecified atom stereocenters. The molecular formula is C11H13N5O. The highest BCUT2D eigenvalue weighted by atomic mass is 16.1. The van der Waals surface area contributed by atoms with Crippen LogP contribution >= 0.6 is 0 Å². The Morgan fingerprint density at radius 1 is 1.41 bits per heavy atom. The van der Waals surface area contributed by atoms with E-state index in [4.69, 9.17) is 0 Å². The van der Waals surface area contributed by atoms with Gasteiger partial charge in [0.15, 0.2) is 0 Å².